The summed E-state index contributed by atoms with van der Waals surface area (Å²) in [5.74, 6) is -2.16. The van der Waals surface area contributed by atoms with Gasteiger partial charge in [-0.15, -0.1) is 0 Å². The molecule has 0 saturated carbocycles. The van der Waals surface area contributed by atoms with E-state index < -0.39 is 17.6 Å². The van der Waals surface area contributed by atoms with Crippen molar-refractivity contribution in [2.75, 3.05) is 7.05 Å². The van der Waals surface area contributed by atoms with Crippen LogP contribution in [0.5, 0.6) is 0 Å². The summed E-state index contributed by atoms with van der Waals surface area (Å²) in [6, 6.07) is 0. The number of hydrogen-bond acceptors (Lipinski definition) is 3. The predicted octanol–water partition coefficient (Wildman–Crippen LogP) is 0.339. The van der Waals surface area contributed by atoms with Crippen molar-refractivity contribution in [3.05, 3.63) is 11.5 Å². The molecule has 12 heavy (non-hydrogen) atoms. The first-order valence-corrected chi connectivity index (χ1v) is 3.25. The van der Waals surface area contributed by atoms with Crippen LogP contribution in [0.25, 0.3) is 0 Å². The molecule has 0 aromatic rings. The normalized spacial score (nSPS) is 11.9. The van der Waals surface area contributed by atoms with Crippen LogP contribution in [-0.2, 0) is 9.59 Å². The van der Waals surface area contributed by atoms with Crippen LogP contribution in [0.4, 0.5) is 0 Å². The molecule has 0 atom stereocenters. The summed E-state index contributed by atoms with van der Waals surface area (Å²) in [7, 11) is 1.28. The molecule has 0 saturated heterocycles. The molecule has 0 aliphatic carbocycles. The van der Waals surface area contributed by atoms with Crippen molar-refractivity contribution in [3.8, 4) is 0 Å². The maximum atomic E-state index is 10.7. The van der Waals surface area contributed by atoms with E-state index in [-0.39, 0.29) is 5.76 Å². The summed E-state index contributed by atoms with van der Waals surface area (Å²) < 4.78 is 0. The highest BCUT2D eigenvalue weighted by atomic mass is 16.4. The van der Waals surface area contributed by atoms with Crippen molar-refractivity contribution in [2.45, 2.75) is 13.8 Å². The number of aliphatic carboxylic acids is 1. The molecule has 0 unspecified atom stereocenters. The molecule has 68 valence electrons. The molecule has 0 spiro atoms. The summed E-state index contributed by atoms with van der Waals surface area (Å²) in [5, 5.41) is 17.5. The summed E-state index contributed by atoms with van der Waals surface area (Å²) in [6.45, 7) is 2.43. The summed E-state index contributed by atoms with van der Waals surface area (Å²) >= 11 is 0. The minimum absolute atomic E-state index is 0.389. The first-order chi connectivity index (χ1) is 5.37. The standard InChI is InChI=1S/C7H11NO4/c1-4(9)6(7(11)12)8(3)5(2)10/h9H,1-3H3,(H,11,12). The molecule has 5 nitrogen and oxygen atoms in total. The third-order valence-electron chi connectivity index (χ3n) is 1.35. The second-order valence-corrected chi connectivity index (χ2v) is 2.32. The summed E-state index contributed by atoms with van der Waals surface area (Å²) in [4.78, 5) is 22.1. The lowest BCUT2D eigenvalue weighted by atomic mass is 10.3. The van der Waals surface area contributed by atoms with Gasteiger partial charge in [0, 0.05) is 14.0 Å². The molecule has 0 heterocycles. The van der Waals surface area contributed by atoms with E-state index in [0.717, 1.165) is 4.90 Å². The van der Waals surface area contributed by atoms with E-state index in [4.69, 9.17) is 10.2 Å². The van der Waals surface area contributed by atoms with E-state index in [1.807, 2.05) is 0 Å². The van der Waals surface area contributed by atoms with Gasteiger partial charge in [-0.3, -0.25) is 4.79 Å². The average Bonchev–Trinajstić information content (AvgIpc) is 1.85. The Kier molecular flexibility index (Phi) is 3.28. The molecule has 0 rings (SSSR count). The number of carbonyl (C=O) groups excluding carboxylic acids is 1. The lowest BCUT2D eigenvalue weighted by molar-refractivity contribution is -0.138. The highest BCUT2D eigenvalue weighted by molar-refractivity contribution is 5.92. The van der Waals surface area contributed by atoms with Crippen LogP contribution < -0.4 is 0 Å². The van der Waals surface area contributed by atoms with Gasteiger partial charge in [-0.25, -0.2) is 4.79 Å². The van der Waals surface area contributed by atoms with Crippen molar-refractivity contribution in [1.82, 2.24) is 4.90 Å². The fraction of sp³-hybridized carbons (Fsp3) is 0.429. The van der Waals surface area contributed by atoms with E-state index in [2.05, 4.69) is 0 Å². The van der Waals surface area contributed by atoms with E-state index in [1.54, 1.807) is 0 Å². The Balaban J connectivity index is 4.91. The van der Waals surface area contributed by atoms with Crippen molar-refractivity contribution < 1.29 is 19.8 Å². The van der Waals surface area contributed by atoms with Crippen LogP contribution in [0.1, 0.15) is 13.8 Å². The maximum Gasteiger partial charge on any atom is 0.356 e. The second-order valence-electron chi connectivity index (χ2n) is 2.32. The Labute approximate surface area is 69.9 Å². The van der Waals surface area contributed by atoms with E-state index in [9.17, 15) is 9.59 Å². The maximum absolute atomic E-state index is 10.7. The number of rotatable bonds is 2. The zero-order valence-corrected chi connectivity index (χ0v) is 7.16. The first kappa shape index (κ1) is 10.5. The molecule has 0 aliphatic rings. The fourth-order valence-electron chi connectivity index (χ4n) is 0.698. The number of carboxylic acid groups (broad SMARTS) is 1. The number of aliphatic hydroxyl groups is 1. The van der Waals surface area contributed by atoms with E-state index in [0.29, 0.717) is 0 Å². The molecule has 0 radical (unpaired) electrons. The monoisotopic (exact) mass is 173 g/mol. The topological polar surface area (TPSA) is 77.8 Å². The predicted molar refractivity (Wildman–Crippen MR) is 41.4 cm³/mol. The largest absolute Gasteiger partial charge is 0.510 e. The van der Waals surface area contributed by atoms with Gasteiger partial charge < -0.3 is 15.1 Å². The van der Waals surface area contributed by atoms with Crippen LogP contribution in [0.15, 0.2) is 11.5 Å². The molecule has 0 fully saturated rings. The number of carbonyl (C=O) groups is 2. The van der Waals surface area contributed by atoms with Gasteiger partial charge in [0.25, 0.3) is 0 Å². The third kappa shape index (κ3) is 2.26. The minimum Gasteiger partial charge on any atom is -0.510 e. The van der Waals surface area contributed by atoms with Crippen molar-refractivity contribution in [3.63, 3.8) is 0 Å². The second kappa shape index (κ2) is 3.75. The number of allylic oxidation sites excluding steroid dienone is 1. The zero-order valence-electron chi connectivity index (χ0n) is 7.16. The Morgan fingerprint density at radius 1 is 1.17 bits per heavy atom. The molecule has 0 aromatic carbocycles. The number of likely N-dealkylation sites (N-methyl/N-ethyl adjacent to an activating group) is 1. The molecular formula is C7H11NO4. The van der Waals surface area contributed by atoms with Gasteiger partial charge in [-0.1, -0.05) is 0 Å². The van der Waals surface area contributed by atoms with Crippen LogP contribution in [-0.4, -0.2) is 34.0 Å². The Morgan fingerprint density at radius 2 is 1.58 bits per heavy atom. The van der Waals surface area contributed by atoms with Gasteiger partial charge in [-0.2, -0.15) is 0 Å². The number of hydrogen-bond donors (Lipinski definition) is 2. The SMILES string of the molecule is CC(=O)N(C)C(C(=O)O)=C(C)O. The smallest absolute Gasteiger partial charge is 0.356 e. The van der Waals surface area contributed by atoms with Crippen LogP contribution in [0.3, 0.4) is 0 Å². The first-order valence-electron chi connectivity index (χ1n) is 3.25. The quantitative estimate of drug-likeness (QED) is 0.466. The van der Waals surface area contributed by atoms with E-state index in [1.165, 1.54) is 20.9 Å². The Hall–Kier alpha value is -1.52. The van der Waals surface area contributed by atoms with Gasteiger partial charge in [0.1, 0.15) is 5.76 Å². The lowest BCUT2D eigenvalue weighted by Gasteiger charge is -2.15. The Bertz CT molecular complexity index is 240. The van der Waals surface area contributed by atoms with Gasteiger partial charge in [0.05, 0.1) is 0 Å². The van der Waals surface area contributed by atoms with Gasteiger partial charge >= 0.3 is 5.97 Å². The van der Waals surface area contributed by atoms with Gasteiger partial charge in [0.2, 0.25) is 5.91 Å². The molecular weight excluding hydrogens is 162 g/mol. The minimum atomic E-state index is -1.33. The van der Waals surface area contributed by atoms with Crippen LogP contribution in [0, 0.1) is 0 Å². The summed E-state index contributed by atoms with van der Waals surface area (Å²) in [6.07, 6.45) is 0. The number of amides is 1. The number of nitrogens with zero attached hydrogens (tertiary/aromatic N) is 1. The molecule has 5 heteroatoms. The van der Waals surface area contributed by atoms with Crippen molar-refractivity contribution >= 4 is 11.9 Å². The number of aliphatic hydroxyl groups excluding tert-OH is 1. The fourth-order valence-corrected chi connectivity index (χ4v) is 0.698. The van der Waals surface area contributed by atoms with Gasteiger partial charge in [-0.05, 0) is 6.92 Å². The molecule has 0 aromatic heterocycles. The van der Waals surface area contributed by atoms with Crippen molar-refractivity contribution in [1.29, 1.82) is 0 Å². The average molecular weight is 173 g/mol. The van der Waals surface area contributed by atoms with Crippen LogP contribution >= 0.6 is 0 Å². The Morgan fingerprint density at radius 3 is 1.67 bits per heavy atom. The zero-order chi connectivity index (χ0) is 9.89. The highest BCUT2D eigenvalue weighted by Crippen LogP contribution is 2.06. The van der Waals surface area contributed by atoms with E-state index >= 15 is 0 Å². The molecule has 0 bridgehead atoms. The molecule has 1 amide bonds. The van der Waals surface area contributed by atoms with Crippen LogP contribution in [0.2, 0.25) is 0 Å². The molecule has 0 aliphatic heterocycles. The van der Waals surface area contributed by atoms with Crippen molar-refractivity contribution in [2.24, 2.45) is 0 Å². The van der Waals surface area contributed by atoms with Gasteiger partial charge in [0.15, 0.2) is 5.70 Å². The summed E-state index contributed by atoms with van der Waals surface area (Å²) in [5.41, 5.74) is -0.400. The number of carboxylic acids is 1. The lowest BCUT2D eigenvalue weighted by Crippen LogP contribution is -2.28. The highest BCUT2D eigenvalue weighted by Gasteiger charge is 2.19. The molecule has 2 N–H and O–H groups in total. The third-order valence-corrected chi connectivity index (χ3v) is 1.35.